The lowest BCUT2D eigenvalue weighted by molar-refractivity contribution is 0.160. The maximum Gasteiger partial charge on any atom is 0.123 e. The van der Waals surface area contributed by atoms with Gasteiger partial charge in [-0.25, -0.2) is 0 Å². The summed E-state index contributed by atoms with van der Waals surface area (Å²) in [5, 5.41) is 14.5. The van der Waals surface area contributed by atoms with Crippen molar-refractivity contribution in [3.8, 4) is 5.75 Å². The molecule has 3 rings (SSSR count). The van der Waals surface area contributed by atoms with Crippen molar-refractivity contribution in [2.24, 2.45) is 5.92 Å². The standard InChI is InChI=1S/C23H38N2O/c1-22(2,3)18-14-17(15-19(21(18)26)23(4,5)6)20(13-16-7-8-16)25-11-9-24-10-12-25/h14-16,20,24,26H,7-13H2,1-6H3/t20-/m0/s1. The summed E-state index contributed by atoms with van der Waals surface area (Å²) in [6.07, 6.45) is 4.04. The van der Waals surface area contributed by atoms with E-state index in [1.54, 1.807) is 0 Å². The number of phenols is 1. The van der Waals surface area contributed by atoms with Crippen LogP contribution in [-0.2, 0) is 10.8 Å². The molecule has 1 atom stereocenters. The van der Waals surface area contributed by atoms with Crippen molar-refractivity contribution in [3.05, 3.63) is 28.8 Å². The Hall–Kier alpha value is -1.06. The number of phenolic OH excluding ortho intramolecular Hbond substituents is 1. The Balaban J connectivity index is 2.07. The second-order valence-corrected chi connectivity index (χ2v) is 10.4. The van der Waals surface area contributed by atoms with Crippen LogP contribution in [0.1, 0.15) is 83.5 Å². The number of rotatable bonds is 4. The van der Waals surface area contributed by atoms with E-state index in [0.29, 0.717) is 11.8 Å². The van der Waals surface area contributed by atoms with Crippen molar-refractivity contribution in [2.45, 2.75) is 77.7 Å². The molecule has 26 heavy (non-hydrogen) atoms. The van der Waals surface area contributed by atoms with Gasteiger partial charge in [0.05, 0.1) is 0 Å². The van der Waals surface area contributed by atoms with E-state index in [1.165, 1.54) is 24.8 Å². The molecule has 2 fully saturated rings. The Morgan fingerprint density at radius 3 is 1.92 bits per heavy atom. The van der Waals surface area contributed by atoms with Gasteiger partial charge < -0.3 is 10.4 Å². The molecule has 0 spiro atoms. The van der Waals surface area contributed by atoms with Gasteiger partial charge in [-0.1, -0.05) is 54.4 Å². The number of nitrogens with one attached hydrogen (secondary N) is 1. The third-order valence-corrected chi connectivity index (χ3v) is 5.98. The van der Waals surface area contributed by atoms with Gasteiger partial charge in [-0.2, -0.15) is 0 Å². The predicted octanol–water partition coefficient (Wildman–Crippen LogP) is 4.73. The van der Waals surface area contributed by atoms with Crippen LogP contribution in [0.25, 0.3) is 0 Å². The zero-order valence-electron chi connectivity index (χ0n) is 17.7. The monoisotopic (exact) mass is 358 g/mol. The van der Waals surface area contributed by atoms with Crippen molar-refractivity contribution >= 4 is 0 Å². The summed E-state index contributed by atoms with van der Waals surface area (Å²) in [7, 11) is 0. The molecule has 2 aliphatic rings. The molecule has 0 aromatic heterocycles. The van der Waals surface area contributed by atoms with Crippen molar-refractivity contribution in [2.75, 3.05) is 26.2 Å². The molecule has 2 N–H and O–H groups in total. The molecule has 0 amide bonds. The van der Waals surface area contributed by atoms with E-state index >= 15 is 0 Å². The van der Waals surface area contributed by atoms with E-state index < -0.39 is 0 Å². The third-order valence-electron chi connectivity index (χ3n) is 5.98. The van der Waals surface area contributed by atoms with Crippen LogP contribution in [0, 0.1) is 5.92 Å². The van der Waals surface area contributed by atoms with E-state index in [9.17, 15) is 5.11 Å². The Morgan fingerprint density at radius 1 is 1.00 bits per heavy atom. The van der Waals surface area contributed by atoms with Crippen LogP contribution in [0.5, 0.6) is 5.75 Å². The maximum atomic E-state index is 11.0. The molecular weight excluding hydrogens is 320 g/mol. The maximum absolute atomic E-state index is 11.0. The molecule has 1 aliphatic carbocycles. The Kier molecular flexibility index (Phi) is 5.43. The lowest BCUT2D eigenvalue weighted by Crippen LogP contribution is -2.45. The van der Waals surface area contributed by atoms with Crippen LogP contribution in [0.4, 0.5) is 0 Å². The van der Waals surface area contributed by atoms with Crippen LogP contribution >= 0.6 is 0 Å². The minimum absolute atomic E-state index is 0.0618. The Bertz CT molecular complexity index is 594. The Morgan fingerprint density at radius 2 is 1.50 bits per heavy atom. The first kappa shape index (κ1) is 19.7. The van der Waals surface area contributed by atoms with Crippen molar-refractivity contribution in [1.82, 2.24) is 10.2 Å². The summed E-state index contributed by atoms with van der Waals surface area (Å²) >= 11 is 0. The number of piperazine rings is 1. The van der Waals surface area contributed by atoms with E-state index in [4.69, 9.17) is 0 Å². The fraction of sp³-hybridized carbons (Fsp3) is 0.739. The van der Waals surface area contributed by atoms with E-state index in [-0.39, 0.29) is 10.8 Å². The molecule has 3 nitrogen and oxygen atoms in total. The minimum atomic E-state index is -0.0618. The van der Waals surface area contributed by atoms with Crippen molar-refractivity contribution in [1.29, 1.82) is 0 Å². The number of hydrogen-bond acceptors (Lipinski definition) is 3. The summed E-state index contributed by atoms with van der Waals surface area (Å²) in [6.45, 7) is 17.6. The molecule has 1 heterocycles. The number of nitrogens with zero attached hydrogens (tertiary/aromatic N) is 1. The quantitative estimate of drug-likeness (QED) is 0.816. The van der Waals surface area contributed by atoms with Gasteiger partial charge in [0.25, 0.3) is 0 Å². The first-order valence-electron chi connectivity index (χ1n) is 10.4. The molecule has 1 aromatic carbocycles. The van der Waals surface area contributed by atoms with Crippen LogP contribution in [-0.4, -0.2) is 36.2 Å². The SMILES string of the molecule is CC(C)(C)c1cc([C@H](CC2CC2)N2CCNCC2)cc(C(C)(C)C)c1O. The van der Waals surface area contributed by atoms with E-state index in [0.717, 1.165) is 43.2 Å². The number of hydrogen-bond donors (Lipinski definition) is 2. The number of aromatic hydroxyl groups is 1. The molecule has 0 radical (unpaired) electrons. The highest BCUT2D eigenvalue weighted by Crippen LogP contribution is 2.45. The fourth-order valence-corrected chi connectivity index (χ4v) is 4.15. The summed E-state index contributed by atoms with van der Waals surface area (Å²) in [4.78, 5) is 2.67. The first-order valence-corrected chi connectivity index (χ1v) is 10.4. The summed E-state index contributed by atoms with van der Waals surface area (Å²) < 4.78 is 0. The van der Waals surface area contributed by atoms with Gasteiger partial charge in [0, 0.05) is 32.2 Å². The number of benzene rings is 1. The lowest BCUT2D eigenvalue weighted by atomic mass is 9.77. The molecule has 1 aliphatic heterocycles. The summed E-state index contributed by atoms with van der Waals surface area (Å²) in [5.74, 6) is 1.39. The van der Waals surface area contributed by atoms with Gasteiger partial charge >= 0.3 is 0 Å². The molecule has 1 aromatic rings. The Labute approximate surface area is 160 Å². The molecule has 3 heteroatoms. The zero-order chi connectivity index (χ0) is 19.1. The van der Waals surface area contributed by atoms with Crippen LogP contribution in [0.3, 0.4) is 0 Å². The van der Waals surface area contributed by atoms with E-state index in [2.05, 4.69) is 63.9 Å². The van der Waals surface area contributed by atoms with Crippen molar-refractivity contribution < 1.29 is 5.11 Å². The molecule has 0 bridgehead atoms. The lowest BCUT2D eigenvalue weighted by Gasteiger charge is -2.37. The van der Waals surface area contributed by atoms with Crippen LogP contribution < -0.4 is 5.32 Å². The largest absolute Gasteiger partial charge is 0.507 e. The smallest absolute Gasteiger partial charge is 0.123 e. The first-order chi connectivity index (χ1) is 12.1. The zero-order valence-corrected chi connectivity index (χ0v) is 17.7. The molecule has 0 unspecified atom stereocenters. The predicted molar refractivity (Wildman–Crippen MR) is 110 cm³/mol. The third kappa shape index (κ3) is 4.43. The van der Waals surface area contributed by atoms with Gasteiger partial charge in [-0.3, -0.25) is 4.90 Å². The summed E-state index contributed by atoms with van der Waals surface area (Å²) in [6, 6.07) is 5.09. The fourth-order valence-electron chi connectivity index (χ4n) is 4.15. The van der Waals surface area contributed by atoms with Gasteiger partial charge in [0.15, 0.2) is 0 Å². The minimum Gasteiger partial charge on any atom is -0.507 e. The van der Waals surface area contributed by atoms with Crippen LogP contribution in [0.2, 0.25) is 0 Å². The van der Waals surface area contributed by atoms with Gasteiger partial charge in [-0.05, 0) is 52.0 Å². The average molecular weight is 359 g/mol. The topological polar surface area (TPSA) is 35.5 Å². The molecular formula is C23H38N2O. The summed E-state index contributed by atoms with van der Waals surface area (Å²) in [5.41, 5.74) is 3.47. The highest BCUT2D eigenvalue weighted by molar-refractivity contribution is 5.50. The highest BCUT2D eigenvalue weighted by atomic mass is 16.3. The molecule has 1 saturated heterocycles. The molecule has 1 saturated carbocycles. The van der Waals surface area contributed by atoms with Gasteiger partial charge in [0.1, 0.15) is 5.75 Å². The molecule has 146 valence electrons. The van der Waals surface area contributed by atoms with Gasteiger partial charge in [-0.15, -0.1) is 0 Å². The average Bonchev–Trinajstić information content (AvgIpc) is 3.36. The van der Waals surface area contributed by atoms with E-state index in [1.807, 2.05) is 0 Å². The second kappa shape index (κ2) is 7.16. The second-order valence-electron chi connectivity index (χ2n) is 10.4. The normalized spacial score (nSPS) is 21.0. The highest BCUT2D eigenvalue weighted by Gasteiger charge is 2.33. The van der Waals surface area contributed by atoms with Gasteiger partial charge in [0.2, 0.25) is 0 Å². The van der Waals surface area contributed by atoms with Crippen LogP contribution in [0.15, 0.2) is 12.1 Å². The van der Waals surface area contributed by atoms with Crippen molar-refractivity contribution in [3.63, 3.8) is 0 Å².